The van der Waals surface area contributed by atoms with Crippen LogP contribution < -0.4 is 19.1 Å². The third kappa shape index (κ3) is 2.01. The summed E-state index contributed by atoms with van der Waals surface area (Å²) in [6.45, 7) is 0.896. The first kappa shape index (κ1) is 12.3. The molecule has 0 aromatic heterocycles. The lowest BCUT2D eigenvalue weighted by Crippen LogP contribution is -2.23. The Morgan fingerprint density at radius 1 is 1.11 bits per heavy atom. The molecule has 6 heteroatoms. The molecule has 18 heavy (non-hydrogen) atoms. The summed E-state index contributed by atoms with van der Waals surface area (Å²) in [5.41, 5.74) is 0.659. The molecule has 2 rings (SSSR count). The molecule has 0 bridgehead atoms. The molecular weight excluding hydrogens is 238 g/mol. The number of nitrogens with zero attached hydrogens (tertiary/aromatic N) is 1. The zero-order chi connectivity index (χ0) is 13.1. The Balaban J connectivity index is 2.46. The quantitative estimate of drug-likeness (QED) is 0.817. The van der Waals surface area contributed by atoms with Crippen LogP contribution in [0, 0.1) is 0 Å². The van der Waals surface area contributed by atoms with Crippen molar-refractivity contribution < 1.29 is 23.7 Å². The minimum atomic E-state index is -0.371. The van der Waals surface area contributed by atoms with Crippen molar-refractivity contribution in [3.63, 3.8) is 0 Å². The first-order chi connectivity index (χ1) is 8.71. The smallest absolute Gasteiger partial charge is 0.414 e. The first-order valence-corrected chi connectivity index (χ1v) is 5.45. The maximum Gasteiger partial charge on any atom is 0.414 e. The lowest BCUT2D eigenvalue weighted by molar-refractivity contribution is 0.181. The summed E-state index contributed by atoms with van der Waals surface area (Å²) in [4.78, 5) is 13.0. The molecular formula is C12H15NO5. The molecule has 1 aromatic rings. The minimum absolute atomic E-state index is 0.371. The molecule has 1 aliphatic rings. The summed E-state index contributed by atoms with van der Waals surface area (Å²) in [5.74, 6) is 1.51. The third-order valence-corrected chi connectivity index (χ3v) is 2.72. The van der Waals surface area contributed by atoms with Crippen LogP contribution >= 0.6 is 0 Å². The Hall–Kier alpha value is -2.11. The van der Waals surface area contributed by atoms with E-state index in [1.165, 1.54) is 26.2 Å². The number of hydrogen-bond acceptors (Lipinski definition) is 5. The highest BCUT2D eigenvalue weighted by Crippen LogP contribution is 2.41. The van der Waals surface area contributed by atoms with E-state index >= 15 is 0 Å². The van der Waals surface area contributed by atoms with E-state index in [9.17, 15) is 4.79 Å². The van der Waals surface area contributed by atoms with Crippen LogP contribution in [-0.4, -0.2) is 40.6 Å². The Bertz CT molecular complexity index is 435. The summed E-state index contributed by atoms with van der Waals surface area (Å²) in [6, 6.07) is 3.43. The lowest BCUT2D eigenvalue weighted by atomic mass is 10.2. The van der Waals surface area contributed by atoms with E-state index in [2.05, 4.69) is 0 Å². The summed E-state index contributed by atoms with van der Waals surface area (Å²) in [5, 5.41) is 0. The highest BCUT2D eigenvalue weighted by Gasteiger charge is 2.26. The summed E-state index contributed by atoms with van der Waals surface area (Å²) in [7, 11) is 4.59. The molecule has 1 amide bonds. The zero-order valence-electron chi connectivity index (χ0n) is 10.6. The number of hydrogen-bond donors (Lipinski definition) is 0. The van der Waals surface area contributed by atoms with E-state index in [0.717, 1.165) is 0 Å². The fourth-order valence-corrected chi connectivity index (χ4v) is 1.85. The Labute approximate surface area is 105 Å². The predicted octanol–water partition coefficient (Wildman–Crippen LogP) is 1.67. The van der Waals surface area contributed by atoms with E-state index in [4.69, 9.17) is 18.9 Å². The fourth-order valence-electron chi connectivity index (χ4n) is 1.85. The molecule has 0 radical (unpaired) electrons. The van der Waals surface area contributed by atoms with Crippen LogP contribution in [0.4, 0.5) is 10.5 Å². The van der Waals surface area contributed by atoms with Crippen LogP contribution in [0.5, 0.6) is 17.2 Å². The van der Waals surface area contributed by atoms with Gasteiger partial charge in [-0.05, 0) is 0 Å². The van der Waals surface area contributed by atoms with Gasteiger partial charge in [-0.1, -0.05) is 0 Å². The number of anilines is 1. The number of amides is 1. The number of ether oxygens (including phenoxy) is 4. The second kappa shape index (κ2) is 5.03. The number of carbonyl (C=O) groups is 1. The maximum atomic E-state index is 11.5. The van der Waals surface area contributed by atoms with Gasteiger partial charge in [0.1, 0.15) is 6.61 Å². The number of benzene rings is 1. The van der Waals surface area contributed by atoms with Gasteiger partial charge in [0.2, 0.25) is 5.75 Å². The van der Waals surface area contributed by atoms with Gasteiger partial charge in [0, 0.05) is 12.1 Å². The van der Waals surface area contributed by atoms with Gasteiger partial charge < -0.3 is 18.9 Å². The van der Waals surface area contributed by atoms with Crippen molar-refractivity contribution in [2.45, 2.75) is 0 Å². The molecule has 0 aliphatic carbocycles. The molecule has 0 saturated carbocycles. The second-order valence-corrected chi connectivity index (χ2v) is 3.65. The molecule has 1 aliphatic heterocycles. The normalized spacial score (nSPS) is 14.4. The predicted molar refractivity (Wildman–Crippen MR) is 64.8 cm³/mol. The van der Waals surface area contributed by atoms with Gasteiger partial charge in [0.15, 0.2) is 11.5 Å². The van der Waals surface area contributed by atoms with Crippen LogP contribution in [0.2, 0.25) is 0 Å². The molecule has 0 spiro atoms. The van der Waals surface area contributed by atoms with Gasteiger partial charge in [-0.3, -0.25) is 4.90 Å². The zero-order valence-corrected chi connectivity index (χ0v) is 10.6. The molecule has 1 heterocycles. The number of cyclic esters (lactones) is 1. The number of rotatable bonds is 4. The van der Waals surface area contributed by atoms with Crippen molar-refractivity contribution in [1.29, 1.82) is 0 Å². The number of carbonyl (C=O) groups excluding carboxylic acids is 1. The minimum Gasteiger partial charge on any atom is -0.493 e. The van der Waals surface area contributed by atoms with E-state index in [1.807, 2.05) is 0 Å². The molecule has 1 aromatic carbocycles. The SMILES string of the molecule is COc1cc(N2CCOC2=O)cc(OC)c1OC. The first-order valence-electron chi connectivity index (χ1n) is 5.45. The van der Waals surface area contributed by atoms with Gasteiger partial charge >= 0.3 is 6.09 Å². The third-order valence-electron chi connectivity index (χ3n) is 2.72. The van der Waals surface area contributed by atoms with Crippen molar-refractivity contribution in [1.82, 2.24) is 0 Å². The molecule has 1 saturated heterocycles. The van der Waals surface area contributed by atoms with Gasteiger partial charge in [0.05, 0.1) is 33.6 Å². The second-order valence-electron chi connectivity index (χ2n) is 3.65. The van der Waals surface area contributed by atoms with Gasteiger partial charge in [-0.2, -0.15) is 0 Å². The molecule has 0 N–H and O–H groups in total. The Kier molecular flexibility index (Phi) is 3.45. The van der Waals surface area contributed by atoms with Crippen molar-refractivity contribution >= 4 is 11.8 Å². The highest BCUT2D eigenvalue weighted by atomic mass is 16.6. The van der Waals surface area contributed by atoms with Gasteiger partial charge in [-0.25, -0.2) is 4.79 Å². The molecule has 98 valence electrons. The van der Waals surface area contributed by atoms with Crippen molar-refractivity contribution in [3.8, 4) is 17.2 Å². The Morgan fingerprint density at radius 3 is 2.11 bits per heavy atom. The van der Waals surface area contributed by atoms with E-state index < -0.39 is 0 Å². The summed E-state index contributed by atoms with van der Waals surface area (Å²) >= 11 is 0. The average molecular weight is 253 g/mol. The Morgan fingerprint density at radius 2 is 1.72 bits per heavy atom. The molecule has 1 fully saturated rings. The van der Waals surface area contributed by atoms with Crippen LogP contribution in [0.25, 0.3) is 0 Å². The molecule has 6 nitrogen and oxygen atoms in total. The largest absolute Gasteiger partial charge is 0.493 e. The lowest BCUT2D eigenvalue weighted by Gasteiger charge is -2.18. The van der Waals surface area contributed by atoms with Crippen LogP contribution in [0.15, 0.2) is 12.1 Å². The van der Waals surface area contributed by atoms with E-state index in [0.29, 0.717) is 36.1 Å². The van der Waals surface area contributed by atoms with Crippen molar-refractivity contribution in [3.05, 3.63) is 12.1 Å². The maximum absolute atomic E-state index is 11.5. The highest BCUT2D eigenvalue weighted by molar-refractivity contribution is 5.90. The monoisotopic (exact) mass is 253 g/mol. The molecule has 0 unspecified atom stereocenters. The molecule has 0 atom stereocenters. The summed E-state index contributed by atoms with van der Waals surface area (Å²) < 4.78 is 20.6. The summed E-state index contributed by atoms with van der Waals surface area (Å²) in [6.07, 6.45) is -0.371. The average Bonchev–Trinajstić information content (AvgIpc) is 2.83. The van der Waals surface area contributed by atoms with Crippen molar-refractivity contribution in [2.24, 2.45) is 0 Å². The number of methoxy groups -OCH3 is 3. The fraction of sp³-hybridized carbons (Fsp3) is 0.417. The van der Waals surface area contributed by atoms with Crippen LogP contribution in [0.3, 0.4) is 0 Å². The topological polar surface area (TPSA) is 57.2 Å². The van der Waals surface area contributed by atoms with Crippen LogP contribution in [-0.2, 0) is 4.74 Å². The van der Waals surface area contributed by atoms with Crippen molar-refractivity contribution in [2.75, 3.05) is 39.4 Å². The van der Waals surface area contributed by atoms with Gasteiger partial charge in [0.25, 0.3) is 0 Å². The van der Waals surface area contributed by atoms with Crippen LogP contribution in [0.1, 0.15) is 0 Å². The van der Waals surface area contributed by atoms with E-state index in [1.54, 1.807) is 12.1 Å². The van der Waals surface area contributed by atoms with Gasteiger partial charge in [-0.15, -0.1) is 0 Å². The van der Waals surface area contributed by atoms with E-state index in [-0.39, 0.29) is 6.09 Å². The standard InChI is InChI=1S/C12H15NO5/c1-15-9-6-8(13-4-5-18-12(13)14)7-10(16-2)11(9)17-3/h6-7H,4-5H2,1-3H3.